The maximum atomic E-state index is 6.73. The molecule has 0 unspecified atom stereocenters. The molecular weight excluding hydrogens is 623 g/mol. The smallest absolute Gasteiger partial charge is 0.227 e. The van der Waals surface area contributed by atoms with Crippen LogP contribution in [0.1, 0.15) is 0 Å². The number of para-hydroxylation sites is 2. The summed E-state index contributed by atoms with van der Waals surface area (Å²) in [4.78, 5) is 9.69. The largest absolute Gasteiger partial charge is 0.434 e. The summed E-state index contributed by atoms with van der Waals surface area (Å²) >= 11 is 0. The van der Waals surface area contributed by atoms with E-state index in [1.807, 2.05) is 42.5 Å². The van der Waals surface area contributed by atoms with Gasteiger partial charge in [-0.25, -0.2) is 4.98 Å². The van der Waals surface area contributed by atoms with Crippen molar-refractivity contribution >= 4 is 56.0 Å². The maximum absolute atomic E-state index is 6.73. The van der Waals surface area contributed by atoms with E-state index < -0.39 is 0 Å². The first-order valence-corrected chi connectivity index (χ1v) is 17.1. The van der Waals surface area contributed by atoms with E-state index in [9.17, 15) is 0 Å². The number of hydrogen-bond acceptors (Lipinski definition) is 4. The molecule has 0 fully saturated rings. The molecule has 0 aliphatic rings. The molecule has 9 rings (SSSR count). The molecule has 0 aliphatic heterocycles. The Labute approximate surface area is 297 Å². The summed E-state index contributed by atoms with van der Waals surface area (Å²) in [6, 6.07) is 69.7. The minimum Gasteiger partial charge on any atom is -0.434 e. The predicted octanol–water partition coefficient (Wildman–Crippen LogP) is 13.3. The van der Waals surface area contributed by atoms with Gasteiger partial charge in [0, 0.05) is 28.3 Å². The lowest BCUT2D eigenvalue weighted by Gasteiger charge is -2.29. The molecule has 1 aromatic heterocycles. The minimum absolute atomic E-state index is 0.577. The Morgan fingerprint density at radius 2 is 0.863 bits per heavy atom. The second-order valence-electron chi connectivity index (χ2n) is 12.5. The molecule has 1 heterocycles. The SMILES string of the molecule is c1ccc(-c2ccc(N(c3ccccc3)c3cc(N(c4ccccc4)c4ccc5ccccc5c4)cc4nc(-c5ccccc5)oc34)cc2)cc1. The van der Waals surface area contributed by atoms with Gasteiger partial charge in [0.05, 0.1) is 11.4 Å². The standard InChI is InChI=1S/C47H33N3O/c1-5-15-34(16-6-1)36-25-28-41(29-26-36)50(40-23-11-4-12-24-40)45-33-43(32-44-46(45)51-47(48-44)37-18-7-2-8-19-37)49(39-21-9-3-10-22-39)42-30-27-35-17-13-14-20-38(35)31-42/h1-33H. The Morgan fingerprint density at radius 1 is 0.353 bits per heavy atom. The highest BCUT2D eigenvalue weighted by atomic mass is 16.3. The molecule has 242 valence electrons. The van der Waals surface area contributed by atoms with Crippen LogP contribution in [0.4, 0.5) is 34.1 Å². The van der Waals surface area contributed by atoms with Crippen LogP contribution < -0.4 is 9.80 Å². The fraction of sp³-hybridized carbons (Fsp3) is 0. The molecule has 0 bridgehead atoms. The highest BCUT2D eigenvalue weighted by Crippen LogP contribution is 2.46. The average molecular weight is 656 g/mol. The third kappa shape index (κ3) is 5.90. The first-order chi connectivity index (χ1) is 25.3. The summed E-state index contributed by atoms with van der Waals surface area (Å²) in [7, 11) is 0. The van der Waals surface area contributed by atoms with Gasteiger partial charge in [-0.2, -0.15) is 0 Å². The van der Waals surface area contributed by atoms with Crippen LogP contribution in [0.15, 0.2) is 205 Å². The van der Waals surface area contributed by atoms with E-state index in [0.29, 0.717) is 11.5 Å². The summed E-state index contributed by atoms with van der Waals surface area (Å²) in [6.45, 7) is 0. The van der Waals surface area contributed by atoms with E-state index in [0.717, 1.165) is 50.8 Å². The van der Waals surface area contributed by atoms with Crippen molar-refractivity contribution in [2.45, 2.75) is 0 Å². The number of benzene rings is 8. The summed E-state index contributed by atoms with van der Waals surface area (Å²) in [6.07, 6.45) is 0. The second kappa shape index (κ2) is 13.2. The van der Waals surface area contributed by atoms with Gasteiger partial charge in [-0.15, -0.1) is 0 Å². The van der Waals surface area contributed by atoms with Crippen LogP contribution in [0, 0.1) is 0 Å². The van der Waals surface area contributed by atoms with E-state index in [1.165, 1.54) is 16.3 Å². The van der Waals surface area contributed by atoms with Crippen molar-refractivity contribution in [1.29, 1.82) is 0 Å². The molecule has 0 spiro atoms. The molecule has 4 nitrogen and oxygen atoms in total. The maximum Gasteiger partial charge on any atom is 0.227 e. The summed E-state index contributed by atoms with van der Waals surface area (Å²) in [5.74, 6) is 0.577. The molecule has 9 aromatic rings. The number of fused-ring (bicyclic) bond motifs is 2. The van der Waals surface area contributed by atoms with Crippen LogP contribution in [0.5, 0.6) is 0 Å². The highest BCUT2D eigenvalue weighted by molar-refractivity contribution is 5.99. The van der Waals surface area contributed by atoms with Gasteiger partial charge in [-0.1, -0.05) is 127 Å². The van der Waals surface area contributed by atoms with Gasteiger partial charge >= 0.3 is 0 Å². The second-order valence-corrected chi connectivity index (χ2v) is 12.5. The number of anilines is 6. The van der Waals surface area contributed by atoms with E-state index in [4.69, 9.17) is 9.40 Å². The van der Waals surface area contributed by atoms with Crippen LogP contribution in [-0.4, -0.2) is 4.98 Å². The number of rotatable bonds is 8. The summed E-state index contributed by atoms with van der Waals surface area (Å²) < 4.78 is 6.73. The molecule has 0 saturated carbocycles. The molecule has 8 aromatic carbocycles. The van der Waals surface area contributed by atoms with Gasteiger partial charge in [-0.05, 0) is 94.7 Å². The van der Waals surface area contributed by atoms with Gasteiger partial charge in [0.15, 0.2) is 5.58 Å². The van der Waals surface area contributed by atoms with Gasteiger partial charge < -0.3 is 14.2 Å². The minimum atomic E-state index is 0.577. The average Bonchev–Trinajstić information content (AvgIpc) is 3.65. The number of oxazole rings is 1. The van der Waals surface area contributed by atoms with E-state index in [2.05, 4.69) is 168 Å². The topological polar surface area (TPSA) is 32.5 Å². The molecule has 51 heavy (non-hydrogen) atoms. The molecule has 0 amide bonds. The Hall–Kier alpha value is -6.91. The summed E-state index contributed by atoms with van der Waals surface area (Å²) in [5, 5.41) is 2.37. The van der Waals surface area contributed by atoms with Gasteiger partial charge in [0.25, 0.3) is 0 Å². The molecule has 0 aliphatic carbocycles. The fourth-order valence-corrected chi connectivity index (χ4v) is 6.78. The van der Waals surface area contributed by atoms with Crippen LogP contribution in [0.25, 0.3) is 44.5 Å². The number of aromatic nitrogens is 1. The third-order valence-electron chi connectivity index (χ3n) is 9.23. The highest BCUT2D eigenvalue weighted by Gasteiger charge is 2.24. The Morgan fingerprint density at radius 3 is 1.53 bits per heavy atom. The van der Waals surface area contributed by atoms with Crippen molar-refractivity contribution in [3.63, 3.8) is 0 Å². The van der Waals surface area contributed by atoms with Crippen molar-refractivity contribution in [2.24, 2.45) is 0 Å². The summed E-state index contributed by atoms with van der Waals surface area (Å²) in [5.41, 5.74) is 10.7. The Kier molecular flexibility index (Phi) is 7.80. The lowest BCUT2D eigenvalue weighted by Crippen LogP contribution is -2.13. The molecule has 0 radical (unpaired) electrons. The van der Waals surface area contributed by atoms with E-state index in [1.54, 1.807) is 0 Å². The Bertz CT molecular complexity index is 2570. The normalized spacial score (nSPS) is 11.1. The van der Waals surface area contributed by atoms with Crippen molar-refractivity contribution in [1.82, 2.24) is 4.98 Å². The monoisotopic (exact) mass is 655 g/mol. The van der Waals surface area contributed by atoms with Gasteiger partial charge in [-0.3, -0.25) is 0 Å². The lowest BCUT2D eigenvalue weighted by atomic mass is 10.0. The van der Waals surface area contributed by atoms with Crippen molar-refractivity contribution in [3.8, 4) is 22.6 Å². The Balaban J connectivity index is 1.29. The van der Waals surface area contributed by atoms with Crippen molar-refractivity contribution in [3.05, 3.63) is 200 Å². The molecule has 0 saturated heterocycles. The van der Waals surface area contributed by atoms with Crippen LogP contribution in [-0.2, 0) is 0 Å². The van der Waals surface area contributed by atoms with E-state index >= 15 is 0 Å². The first-order valence-electron chi connectivity index (χ1n) is 17.1. The van der Waals surface area contributed by atoms with Crippen molar-refractivity contribution in [2.75, 3.05) is 9.80 Å². The first kappa shape index (κ1) is 30.2. The molecular formula is C47H33N3O. The zero-order valence-corrected chi connectivity index (χ0v) is 27.8. The van der Waals surface area contributed by atoms with Crippen LogP contribution in [0.3, 0.4) is 0 Å². The lowest BCUT2D eigenvalue weighted by molar-refractivity contribution is 0.620. The third-order valence-corrected chi connectivity index (χ3v) is 9.23. The van der Waals surface area contributed by atoms with Crippen LogP contribution in [0.2, 0.25) is 0 Å². The predicted molar refractivity (Wildman–Crippen MR) is 212 cm³/mol. The van der Waals surface area contributed by atoms with Crippen molar-refractivity contribution < 1.29 is 4.42 Å². The van der Waals surface area contributed by atoms with Crippen LogP contribution >= 0.6 is 0 Å². The van der Waals surface area contributed by atoms with Gasteiger partial charge in [0.1, 0.15) is 5.52 Å². The number of nitrogens with zero attached hydrogens (tertiary/aromatic N) is 3. The quantitative estimate of drug-likeness (QED) is 0.163. The number of hydrogen-bond donors (Lipinski definition) is 0. The van der Waals surface area contributed by atoms with E-state index in [-0.39, 0.29) is 0 Å². The zero-order chi connectivity index (χ0) is 34.0. The molecule has 4 heteroatoms. The molecule has 0 atom stereocenters. The fourth-order valence-electron chi connectivity index (χ4n) is 6.78. The molecule has 0 N–H and O–H groups in total. The zero-order valence-electron chi connectivity index (χ0n) is 27.8. The van der Waals surface area contributed by atoms with Gasteiger partial charge in [0.2, 0.25) is 5.89 Å².